The summed E-state index contributed by atoms with van der Waals surface area (Å²) in [6, 6.07) is 6.07. The number of hydrogen-bond acceptors (Lipinski definition) is 4. The Labute approximate surface area is 106 Å². The molecule has 1 amide bonds. The van der Waals surface area contributed by atoms with Gasteiger partial charge in [0.25, 0.3) is 5.91 Å². The molecule has 5 heteroatoms. The van der Waals surface area contributed by atoms with Crippen LogP contribution >= 0.6 is 0 Å². The van der Waals surface area contributed by atoms with Crippen LogP contribution in [0.4, 0.5) is 0 Å². The minimum atomic E-state index is -0.715. The Hall–Kier alpha value is -2.04. The number of phenols is 1. The average Bonchev–Trinajstić information content (AvgIpc) is 2.36. The van der Waals surface area contributed by atoms with Crippen LogP contribution in [0, 0.1) is 0 Å². The molecule has 1 rings (SSSR count). The zero-order valence-electron chi connectivity index (χ0n) is 10.5. The van der Waals surface area contributed by atoms with E-state index in [9.17, 15) is 14.7 Å². The fourth-order valence-corrected chi connectivity index (χ4v) is 1.27. The monoisotopic (exact) mass is 251 g/mol. The van der Waals surface area contributed by atoms with E-state index in [0.717, 1.165) is 6.42 Å². The maximum absolute atomic E-state index is 11.6. The second-order valence-electron chi connectivity index (χ2n) is 3.97. The molecule has 0 saturated carbocycles. The molecule has 0 radical (unpaired) electrons. The second-order valence-corrected chi connectivity index (χ2v) is 3.97. The van der Waals surface area contributed by atoms with Crippen molar-refractivity contribution in [1.82, 2.24) is 5.32 Å². The molecule has 1 atom stereocenters. The van der Waals surface area contributed by atoms with Crippen molar-refractivity contribution in [1.29, 1.82) is 0 Å². The van der Waals surface area contributed by atoms with E-state index in [1.54, 1.807) is 12.1 Å². The van der Waals surface area contributed by atoms with Crippen LogP contribution in [0.2, 0.25) is 0 Å². The van der Waals surface area contributed by atoms with E-state index in [-0.39, 0.29) is 29.9 Å². The highest BCUT2D eigenvalue weighted by Crippen LogP contribution is 2.16. The Morgan fingerprint density at radius 1 is 1.39 bits per heavy atom. The van der Waals surface area contributed by atoms with E-state index in [4.69, 9.17) is 4.74 Å². The second kappa shape index (κ2) is 6.64. The van der Waals surface area contributed by atoms with Gasteiger partial charge < -0.3 is 15.2 Å². The minimum Gasteiger partial charge on any atom is -0.507 e. The summed E-state index contributed by atoms with van der Waals surface area (Å²) in [6.07, 6.45) is 0.805. The minimum absolute atomic E-state index is 0.0429. The number of hydrogen-bond donors (Lipinski definition) is 2. The summed E-state index contributed by atoms with van der Waals surface area (Å²) in [5, 5.41) is 12.1. The summed E-state index contributed by atoms with van der Waals surface area (Å²) in [5.41, 5.74) is 0.0499. The van der Waals surface area contributed by atoms with Gasteiger partial charge >= 0.3 is 5.97 Å². The topological polar surface area (TPSA) is 75.6 Å². The number of carbonyl (C=O) groups is 2. The molecule has 98 valence electrons. The maximum Gasteiger partial charge on any atom is 0.342 e. The number of amides is 1. The van der Waals surface area contributed by atoms with Crippen molar-refractivity contribution in [2.75, 3.05) is 6.61 Å². The fraction of sp³-hybridized carbons (Fsp3) is 0.385. The molecule has 0 bridgehead atoms. The third kappa shape index (κ3) is 4.08. The van der Waals surface area contributed by atoms with Crippen molar-refractivity contribution in [3.8, 4) is 5.75 Å². The van der Waals surface area contributed by atoms with E-state index < -0.39 is 5.97 Å². The number of para-hydroxylation sites is 1. The van der Waals surface area contributed by atoms with Crippen LogP contribution in [0.5, 0.6) is 5.75 Å². The van der Waals surface area contributed by atoms with Crippen LogP contribution < -0.4 is 5.32 Å². The van der Waals surface area contributed by atoms with Gasteiger partial charge in [-0.15, -0.1) is 0 Å². The van der Waals surface area contributed by atoms with Crippen molar-refractivity contribution >= 4 is 11.9 Å². The van der Waals surface area contributed by atoms with E-state index >= 15 is 0 Å². The molecule has 0 aliphatic rings. The molecule has 1 aromatic carbocycles. The molecular formula is C13H17NO4. The smallest absolute Gasteiger partial charge is 0.342 e. The standard InChI is InChI=1S/C13H17NO4/c1-3-9(2)14-12(16)8-18-13(17)10-6-4-5-7-11(10)15/h4-7,9,15H,3,8H2,1-2H3,(H,14,16)/t9-/m0/s1. The number of nitrogens with one attached hydrogen (secondary N) is 1. The highest BCUT2D eigenvalue weighted by Gasteiger charge is 2.14. The molecule has 0 saturated heterocycles. The lowest BCUT2D eigenvalue weighted by atomic mass is 10.2. The molecule has 0 aliphatic carbocycles. The molecule has 1 aromatic rings. The number of esters is 1. The first-order valence-corrected chi connectivity index (χ1v) is 5.79. The van der Waals surface area contributed by atoms with Crippen LogP contribution in [-0.4, -0.2) is 29.6 Å². The molecule has 0 fully saturated rings. The lowest BCUT2D eigenvalue weighted by Gasteiger charge is -2.11. The molecule has 0 aliphatic heterocycles. The van der Waals surface area contributed by atoms with E-state index in [0.29, 0.717) is 0 Å². The van der Waals surface area contributed by atoms with Gasteiger partial charge in [0.15, 0.2) is 6.61 Å². The van der Waals surface area contributed by atoms with Gasteiger partial charge in [-0.1, -0.05) is 19.1 Å². The van der Waals surface area contributed by atoms with Crippen molar-refractivity contribution in [3.05, 3.63) is 29.8 Å². The van der Waals surface area contributed by atoms with Gasteiger partial charge in [0.1, 0.15) is 11.3 Å². The van der Waals surface area contributed by atoms with Gasteiger partial charge in [-0.05, 0) is 25.5 Å². The number of phenolic OH excluding ortho intramolecular Hbond substituents is 1. The summed E-state index contributed by atoms with van der Waals surface area (Å²) >= 11 is 0. The number of aromatic hydroxyl groups is 1. The first-order valence-electron chi connectivity index (χ1n) is 5.79. The quantitative estimate of drug-likeness (QED) is 0.777. The molecule has 0 heterocycles. The van der Waals surface area contributed by atoms with Crippen LogP contribution in [0.25, 0.3) is 0 Å². The predicted molar refractivity (Wildman–Crippen MR) is 66.3 cm³/mol. The number of benzene rings is 1. The number of carbonyl (C=O) groups excluding carboxylic acids is 2. The lowest BCUT2D eigenvalue weighted by Crippen LogP contribution is -2.35. The Morgan fingerprint density at radius 2 is 2.06 bits per heavy atom. The summed E-state index contributed by atoms with van der Waals surface area (Å²) < 4.78 is 4.81. The van der Waals surface area contributed by atoms with Crippen LogP contribution in [0.3, 0.4) is 0 Å². The maximum atomic E-state index is 11.6. The Kier molecular flexibility index (Phi) is 5.17. The summed E-state index contributed by atoms with van der Waals surface area (Å²) in [7, 11) is 0. The number of rotatable bonds is 5. The fourth-order valence-electron chi connectivity index (χ4n) is 1.27. The van der Waals surface area contributed by atoms with Gasteiger partial charge in [0.05, 0.1) is 0 Å². The van der Waals surface area contributed by atoms with Gasteiger partial charge in [0, 0.05) is 6.04 Å². The molecule has 5 nitrogen and oxygen atoms in total. The zero-order chi connectivity index (χ0) is 13.5. The summed E-state index contributed by atoms with van der Waals surface area (Å²) in [6.45, 7) is 3.46. The third-order valence-electron chi connectivity index (χ3n) is 2.48. The van der Waals surface area contributed by atoms with Crippen molar-refractivity contribution in [2.24, 2.45) is 0 Å². The zero-order valence-corrected chi connectivity index (χ0v) is 10.5. The normalized spacial score (nSPS) is 11.7. The van der Waals surface area contributed by atoms with Crippen LogP contribution in [-0.2, 0) is 9.53 Å². The highest BCUT2D eigenvalue weighted by molar-refractivity contribution is 5.93. The Morgan fingerprint density at radius 3 is 2.67 bits per heavy atom. The van der Waals surface area contributed by atoms with Gasteiger partial charge in [-0.25, -0.2) is 4.79 Å². The molecule has 0 spiro atoms. The lowest BCUT2D eigenvalue weighted by molar-refractivity contribution is -0.124. The average molecular weight is 251 g/mol. The third-order valence-corrected chi connectivity index (χ3v) is 2.48. The molecule has 0 aromatic heterocycles. The number of ether oxygens (including phenoxy) is 1. The molecular weight excluding hydrogens is 234 g/mol. The Bertz CT molecular complexity index is 431. The van der Waals surface area contributed by atoms with Crippen molar-refractivity contribution in [2.45, 2.75) is 26.3 Å². The first kappa shape index (κ1) is 14.0. The SMILES string of the molecule is CC[C@H](C)NC(=O)COC(=O)c1ccccc1O. The van der Waals surface area contributed by atoms with Gasteiger partial charge in [-0.2, -0.15) is 0 Å². The van der Waals surface area contributed by atoms with Crippen molar-refractivity contribution < 1.29 is 19.4 Å². The van der Waals surface area contributed by atoms with E-state index in [1.807, 2.05) is 13.8 Å². The van der Waals surface area contributed by atoms with E-state index in [2.05, 4.69) is 5.32 Å². The largest absolute Gasteiger partial charge is 0.507 e. The molecule has 2 N–H and O–H groups in total. The summed E-state index contributed by atoms with van der Waals surface area (Å²) in [5.74, 6) is -1.23. The van der Waals surface area contributed by atoms with Crippen LogP contribution in [0.1, 0.15) is 30.6 Å². The Balaban J connectivity index is 2.47. The first-order chi connectivity index (χ1) is 8.54. The van der Waals surface area contributed by atoms with Crippen LogP contribution in [0.15, 0.2) is 24.3 Å². The van der Waals surface area contributed by atoms with E-state index in [1.165, 1.54) is 12.1 Å². The predicted octanol–water partition coefficient (Wildman–Crippen LogP) is 1.46. The van der Waals surface area contributed by atoms with Crippen molar-refractivity contribution in [3.63, 3.8) is 0 Å². The molecule has 18 heavy (non-hydrogen) atoms. The van der Waals surface area contributed by atoms with Gasteiger partial charge in [0.2, 0.25) is 0 Å². The van der Waals surface area contributed by atoms with Gasteiger partial charge in [-0.3, -0.25) is 4.79 Å². The molecule has 0 unspecified atom stereocenters. The highest BCUT2D eigenvalue weighted by atomic mass is 16.5. The summed E-state index contributed by atoms with van der Waals surface area (Å²) in [4.78, 5) is 22.9.